The summed E-state index contributed by atoms with van der Waals surface area (Å²) in [6.45, 7) is 4.78. The topological polar surface area (TPSA) is 79.0 Å². The fraction of sp³-hybridized carbons (Fsp3) is 0.632. The number of piperidine rings is 1. The molecule has 1 atom stereocenters. The molecule has 2 heterocycles. The van der Waals surface area contributed by atoms with Gasteiger partial charge in [-0.15, -0.1) is 0 Å². The quantitative estimate of drug-likeness (QED) is 0.845. The van der Waals surface area contributed by atoms with Gasteiger partial charge in [0.25, 0.3) is 10.2 Å². The Morgan fingerprint density at radius 2 is 1.85 bits per heavy atom. The Kier molecular flexibility index (Phi) is 5.52. The molecule has 1 unspecified atom stereocenters. The van der Waals surface area contributed by atoms with Crippen molar-refractivity contribution in [1.82, 2.24) is 13.9 Å². The number of hydrogen-bond donors (Lipinski definition) is 1. The van der Waals surface area contributed by atoms with Crippen molar-refractivity contribution in [2.45, 2.75) is 44.8 Å². The molecular formula is C19H29N3O4S. The molecule has 7 nitrogen and oxygen atoms in total. The molecule has 0 aliphatic carbocycles. The number of ether oxygens (including phenoxy) is 1. The fourth-order valence-electron chi connectivity index (χ4n) is 3.80. The van der Waals surface area contributed by atoms with Crippen LogP contribution < -0.4 is 10.1 Å². The molecule has 0 radical (unpaired) electrons. The zero-order valence-corrected chi connectivity index (χ0v) is 17.3. The lowest BCUT2D eigenvalue weighted by Crippen LogP contribution is -2.48. The number of hydrogen-bond acceptors (Lipinski definition) is 4. The van der Waals surface area contributed by atoms with Crippen LogP contribution in [0.1, 0.15) is 44.7 Å². The summed E-state index contributed by atoms with van der Waals surface area (Å²) in [6.07, 6.45) is 1.77. The van der Waals surface area contributed by atoms with Gasteiger partial charge in [-0.2, -0.15) is 17.0 Å². The molecule has 0 aromatic heterocycles. The van der Waals surface area contributed by atoms with Crippen molar-refractivity contribution in [2.75, 3.05) is 27.2 Å². The molecular weight excluding hydrogens is 366 g/mol. The lowest BCUT2D eigenvalue weighted by molar-refractivity contribution is -0.127. The van der Waals surface area contributed by atoms with Crippen LogP contribution in [0, 0.1) is 5.92 Å². The first-order valence-electron chi connectivity index (χ1n) is 9.36. The molecule has 1 aromatic rings. The molecule has 8 heteroatoms. The molecule has 0 saturated carbocycles. The van der Waals surface area contributed by atoms with E-state index in [4.69, 9.17) is 4.74 Å². The third kappa shape index (κ3) is 4.28. The number of carbonyl (C=O) groups excluding carboxylic acids is 1. The minimum Gasteiger partial charge on any atom is -0.487 e. The highest BCUT2D eigenvalue weighted by Crippen LogP contribution is 2.39. The predicted molar refractivity (Wildman–Crippen MR) is 104 cm³/mol. The standard InChI is InChI=1S/C19H29N3O4S/c1-19(2)13-16(15-7-5-6-8-17(15)26-19)20-18(23)14-9-11-22(12-10-14)27(24,25)21(3)4/h5-8,14,16H,9-13H2,1-4H3,(H,20,23). The average molecular weight is 396 g/mol. The van der Waals surface area contributed by atoms with Gasteiger partial charge in [-0.25, -0.2) is 0 Å². The van der Waals surface area contributed by atoms with Crippen LogP contribution in [-0.4, -0.2) is 55.7 Å². The summed E-state index contributed by atoms with van der Waals surface area (Å²) in [4.78, 5) is 12.8. The summed E-state index contributed by atoms with van der Waals surface area (Å²) in [7, 11) is -0.361. The predicted octanol–water partition coefficient (Wildman–Crippen LogP) is 1.92. The number of amides is 1. The summed E-state index contributed by atoms with van der Waals surface area (Å²) in [5, 5.41) is 3.18. The van der Waals surface area contributed by atoms with E-state index < -0.39 is 10.2 Å². The zero-order valence-electron chi connectivity index (χ0n) is 16.4. The van der Waals surface area contributed by atoms with Crippen LogP contribution in [0.25, 0.3) is 0 Å². The first-order valence-corrected chi connectivity index (χ1v) is 10.8. The van der Waals surface area contributed by atoms with Crippen molar-refractivity contribution in [3.05, 3.63) is 29.8 Å². The SMILES string of the molecule is CN(C)S(=O)(=O)N1CCC(C(=O)NC2CC(C)(C)Oc3ccccc32)CC1. The van der Waals surface area contributed by atoms with E-state index >= 15 is 0 Å². The van der Waals surface area contributed by atoms with Gasteiger partial charge >= 0.3 is 0 Å². The Morgan fingerprint density at radius 3 is 2.48 bits per heavy atom. The molecule has 1 amide bonds. The molecule has 2 aliphatic heterocycles. The van der Waals surface area contributed by atoms with Crippen LogP contribution in [0.4, 0.5) is 0 Å². The maximum absolute atomic E-state index is 12.8. The minimum absolute atomic E-state index is 0.00518. The Bertz CT molecular complexity index is 799. The van der Waals surface area contributed by atoms with Crippen molar-refractivity contribution < 1.29 is 17.9 Å². The monoisotopic (exact) mass is 395 g/mol. The Hall–Kier alpha value is -1.64. The highest BCUT2D eigenvalue weighted by molar-refractivity contribution is 7.86. The Balaban J connectivity index is 1.65. The van der Waals surface area contributed by atoms with E-state index in [2.05, 4.69) is 5.32 Å². The number of nitrogens with one attached hydrogen (secondary N) is 1. The summed E-state index contributed by atoms with van der Waals surface area (Å²) in [6, 6.07) is 7.70. The molecule has 0 bridgehead atoms. The number of carbonyl (C=O) groups is 1. The van der Waals surface area contributed by atoms with Crippen LogP contribution in [0.2, 0.25) is 0 Å². The van der Waals surface area contributed by atoms with E-state index in [0.717, 1.165) is 11.3 Å². The van der Waals surface area contributed by atoms with Gasteiger partial charge in [0.15, 0.2) is 0 Å². The third-order valence-corrected chi connectivity index (χ3v) is 7.25. The number of fused-ring (bicyclic) bond motifs is 1. The molecule has 2 aliphatic rings. The average Bonchev–Trinajstić information content (AvgIpc) is 2.60. The lowest BCUT2D eigenvalue weighted by Gasteiger charge is -2.39. The summed E-state index contributed by atoms with van der Waals surface area (Å²) < 4.78 is 33.1. The van der Waals surface area contributed by atoms with Crippen molar-refractivity contribution in [2.24, 2.45) is 5.92 Å². The molecule has 1 fully saturated rings. The molecule has 3 rings (SSSR count). The van der Waals surface area contributed by atoms with E-state index in [1.165, 1.54) is 22.7 Å². The van der Waals surface area contributed by atoms with E-state index in [9.17, 15) is 13.2 Å². The highest BCUT2D eigenvalue weighted by atomic mass is 32.2. The van der Waals surface area contributed by atoms with Crippen LogP contribution in [0.3, 0.4) is 0 Å². The first-order chi connectivity index (χ1) is 12.6. The van der Waals surface area contributed by atoms with Gasteiger partial charge in [-0.1, -0.05) is 18.2 Å². The van der Waals surface area contributed by atoms with Gasteiger partial charge in [0.05, 0.1) is 6.04 Å². The van der Waals surface area contributed by atoms with Gasteiger partial charge in [0.2, 0.25) is 5.91 Å². The molecule has 150 valence electrons. The van der Waals surface area contributed by atoms with Crippen LogP contribution >= 0.6 is 0 Å². The first kappa shape index (κ1) is 20.1. The van der Waals surface area contributed by atoms with Crippen molar-refractivity contribution in [3.63, 3.8) is 0 Å². The second-order valence-electron chi connectivity index (χ2n) is 8.13. The van der Waals surface area contributed by atoms with Crippen LogP contribution in [-0.2, 0) is 15.0 Å². The largest absolute Gasteiger partial charge is 0.487 e. The lowest BCUT2D eigenvalue weighted by atomic mass is 9.88. The van der Waals surface area contributed by atoms with Gasteiger partial charge in [0, 0.05) is 45.1 Å². The van der Waals surface area contributed by atoms with Crippen LogP contribution in [0.15, 0.2) is 24.3 Å². The van der Waals surface area contributed by atoms with Gasteiger partial charge < -0.3 is 10.1 Å². The minimum atomic E-state index is -3.41. The van der Waals surface area contributed by atoms with Crippen LogP contribution in [0.5, 0.6) is 5.75 Å². The molecule has 27 heavy (non-hydrogen) atoms. The summed E-state index contributed by atoms with van der Waals surface area (Å²) >= 11 is 0. The Morgan fingerprint density at radius 1 is 1.22 bits per heavy atom. The maximum atomic E-state index is 12.8. The molecule has 1 saturated heterocycles. The van der Waals surface area contributed by atoms with E-state index in [0.29, 0.717) is 32.4 Å². The molecule has 0 spiro atoms. The highest BCUT2D eigenvalue weighted by Gasteiger charge is 2.37. The van der Waals surface area contributed by atoms with E-state index in [1.54, 1.807) is 0 Å². The second kappa shape index (κ2) is 7.41. The summed E-state index contributed by atoms with van der Waals surface area (Å²) in [5.74, 6) is 0.636. The number of para-hydroxylation sites is 1. The van der Waals surface area contributed by atoms with Gasteiger partial charge in [-0.3, -0.25) is 4.79 Å². The van der Waals surface area contributed by atoms with Crippen molar-refractivity contribution in [1.29, 1.82) is 0 Å². The zero-order chi connectivity index (χ0) is 19.8. The molecule has 1 aromatic carbocycles. The van der Waals surface area contributed by atoms with Crippen molar-refractivity contribution >= 4 is 16.1 Å². The number of benzene rings is 1. The normalized spacial score (nSPS) is 23.5. The van der Waals surface area contributed by atoms with E-state index in [-0.39, 0.29) is 23.5 Å². The van der Waals surface area contributed by atoms with Crippen molar-refractivity contribution in [3.8, 4) is 5.75 Å². The maximum Gasteiger partial charge on any atom is 0.281 e. The molecule has 1 N–H and O–H groups in total. The Labute approximate surface area is 161 Å². The van der Waals surface area contributed by atoms with Gasteiger partial charge in [0.1, 0.15) is 11.4 Å². The smallest absolute Gasteiger partial charge is 0.281 e. The van der Waals surface area contributed by atoms with E-state index in [1.807, 2.05) is 38.1 Å². The second-order valence-corrected chi connectivity index (χ2v) is 10.3. The summed E-state index contributed by atoms with van der Waals surface area (Å²) in [5.41, 5.74) is 0.646. The van der Waals surface area contributed by atoms with Gasteiger partial charge in [-0.05, 0) is 32.8 Å². The number of rotatable bonds is 4. The number of nitrogens with zero attached hydrogens (tertiary/aromatic N) is 2. The fourth-order valence-corrected chi connectivity index (χ4v) is 4.93. The third-order valence-electron chi connectivity index (χ3n) is 5.31.